The second-order valence-corrected chi connectivity index (χ2v) is 3.22. The number of hydrogen-bond acceptors (Lipinski definition) is 2. The molecule has 1 atom stereocenters. The third-order valence-corrected chi connectivity index (χ3v) is 2.15. The summed E-state index contributed by atoms with van der Waals surface area (Å²) in [6.45, 7) is 2.10. The van der Waals surface area contributed by atoms with Crippen LogP contribution >= 0.6 is 0 Å². The van der Waals surface area contributed by atoms with Gasteiger partial charge in [-0.15, -0.1) is 0 Å². The quantitative estimate of drug-likeness (QED) is 0.600. The van der Waals surface area contributed by atoms with E-state index in [1.807, 2.05) is 0 Å². The van der Waals surface area contributed by atoms with Crippen LogP contribution < -0.4 is 0 Å². The first-order valence-corrected chi connectivity index (χ1v) is 4.47. The van der Waals surface area contributed by atoms with E-state index in [-0.39, 0.29) is 23.9 Å². The summed E-state index contributed by atoms with van der Waals surface area (Å²) in [5, 5.41) is 0. The monoisotopic (exact) mass is 166 g/mol. The average Bonchev–Trinajstić information content (AvgIpc) is 2.03. The highest BCUT2D eigenvalue weighted by molar-refractivity contribution is 6.08. The molecule has 0 aromatic carbocycles. The lowest BCUT2D eigenvalue weighted by atomic mass is 9.89. The largest absolute Gasteiger partial charge is 0.299 e. The van der Waals surface area contributed by atoms with Gasteiger partial charge in [-0.2, -0.15) is 0 Å². The van der Waals surface area contributed by atoms with E-state index in [4.69, 9.17) is 0 Å². The number of ketones is 2. The average molecular weight is 166 g/mol. The van der Waals surface area contributed by atoms with Crippen molar-refractivity contribution in [1.82, 2.24) is 0 Å². The molecule has 2 heteroatoms. The molecule has 12 heavy (non-hydrogen) atoms. The van der Waals surface area contributed by atoms with Crippen LogP contribution in [-0.2, 0) is 9.59 Å². The Morgan fingerprint density at radius 2 is 2.25 bits per heavy atom. The summed E-state index contributed by atoms with van der Waals surface area (Å²) < 4.78 is 0. The molecule has 66 valence electrons. The maximum Gasteiger partial charge on any atom is 0.162 e. The van der Waals surface area contributed by atoms with Crippen LogP contribution in [0.1, 0.15) is 32.6 Å². The zero-order valence-electron chi connectivity index (χ0n) is 7.38. The van der Waals surface area contributed by atoms with Gasteiger partial charge in [0.1, 0.15) is 5.78 Å². The number of Topliss-reactive ketones (excluding diaryl/α,β-unsaturated/α-hetero) is 1. The van der Waals surface area contributed by atoms with Crippen molar-refractivity contribution in [3.63, 3.8) is 0 Å². The van der Waals surface area contributed by atoms with Crippen LogP contribution in [0.2, 0.25) is 0 Å². The third-order valence-electron chi connectivity index (χ3n) is 2.15. The number of carbonyl (C=O) groups excluding carboxylic acids is 2. The summed E-state index contributed by atoms with van der Waals surface area (Å²) in [5.41, 5.74) is 0. The fourth-order valence-corrected chi connectivity index (χ4v) is 1.37. The highest BCUT2D eigenvalue weighted by Gasteiger charge is 2.21. The third kappa shape index (κ3) is 2.29. The van der Waals surface area contributed by atoms with Gasteiger partial charge in [-0.1, -0.05) is 25.8 Å². The standard InChI is InChI=1S/C10H14O2/c1-2-3-4-8-5-6-9(11)7-10(8)12/h5-6,8H,2-4,7H2,1H3. The van der Waals surface area contributed by atoms with E-state index in [1.54, 1.807) is 12.2 Å². The first kappa shape index (κ1) is 9.17. The minimum Gasteiger partial charge on any atom is -0.299 e. The van der Waals surface area contributed by atoms with Gasteiger partial charge in [-0.25, -0.2) is 0 Å². The van der Waals surface area contributed by atoms with Crippen molar-refractivity contribution in [2.24, 2.45) is 5.92 Å². The Morgan fingerprint density at radius 3 is 2.83 bits per heavy atom. The second-order valence-electron chi connectivity index (χ2n) is 3.22. The molecule has 1 unspecified atom stereocenters. The summed E-state index contributed by atoms with van der Waals surface area (Å²) in [6.07, 6.45) is 6.48. The summed E-state index contributed by atoms with van der Waals surface area (Å²) in [4.78, 5) is 22.0. The van der Waals surface area contributed by atoms with Crippen LogP contribution in [0, 0.1) is 5.92 Å². The minimum atomic E-state index is -0.0484. The highest BCUT2D eigenvalue weighted by Crippen LogP contribution is 2.17. The molecule has 0 radical (unpaired) electrons. The Hall–Kier alpha value is -0.920. The number of carbonyl (C=O) groups is 2. The molecule has 2 nitrogen and oxygen atoms in total. The van der Waals surface area contributed by atoms with Gasteiger partial charge in [0, 0.05) is 5.92 Å². The van der Waals surface area contributed by atoms with E-state index in [2.05, 4.69) is 6.92 Å². The number of rotatable bonds is 3. The Labute approximate surface area is 72.7 Å². The van der Waals surface area contributed by atoms with Crippen LogP contribution in [0.15, 0.2) is 12.2 Å². The molecule has 0 bridgehead atoms. The molecule has 1 rings (SSSR count). The van der Waals surface area contributed by atoms with Crippen molar-refractivity contribution >= 4 is 11.6 Å². The fourth-order valence-electron chi connectivity index (χ4n) is 1.37. The smallest absolute Gasteiger partial charge is 0.162 e. The normalized spacial score (nSPS) is 23.2. The Kier molecular flexibility index (Phi) is 3.20. The van der Waals surface area contributed by atoms with Crippen molar-refractivity contribution in [3.8, 4) is 0 Å². The molecule has 0 N–H and O–H groups in total. The first-order chi connectivity index (χ1) is 5.74. The van der Waals surface area contributed by atoms with E-state index in [0.717, 1.165) is 19.3 Å². The van der Waals surface area contributed by atoms with Crippen molar-refractivity contribution in [2.45, 2.75) is 32.6 Å². The highest BCUT2D eigenvalue weighted by atomic mass is 16.1. The summed E-state index contributed by atoms with van der Waals surface area (Å²) in [6, 6.07) is 0. The topological polar surface area (TPSA) is 34.1 Å². The molecule has 0 aromatic heterocycles. The fraction of sp³-hybridized carbons (Fsp3) is 0.600. The van der Waals surface area contributed by atoms with Gasteiger partial charge in [-0.05, 0) is 12.5 Å². The molecule has 0 amide bonds. The number of hydrogen-bond donors (Lipinski definition) is 0. The molecule has 1 aliphatic carbocycles. The number of allylic oxidation sites excluding steroid dienone is 2. The molecule has 0 saturated heterocycles. The molecular formula is C10H14O2. The molecule has 0 spiro atoms. The van der Waals surface area contributed by atoms with Crippen molar-refractivity contribution in [1.29, 1.82) is 0 Å². The van der Waals surface area contributed by atoms with E-state index in [0.29, 0.717) is 0 Å². The molecule has 0 saturated carbocycles. The van der Waals surface area contributed by atoms with E-state index >= 15 is 0 Å². The first-order valence-electron chi connectivity index (χ1n) is 4.47. The Morgan fingerprint density at radius 1 is 1.50 bits per heavy atom. The maximum atomic E-state index is 11.2. The molecule has 0 aliphatic heterocycles. The van der Waals surface area contributed by atoms with E-state index in [1.165, 1.54) is 0 Å². The maximum absolute atomic E-state index is 11.2. The van der Waals surface area contributed by atoms with Crippen molar-refractivity contribution < 1.29 is 9.59 Å². The number of unbranched alkanes of at least 4 members (excludes halogenated alkanes) is 1. The van der Waals surface area contributed by atoms with Gasteiger partial charge in [0.15, 0.2) is 5.78 Å². The van der Waals surface area contributed by atoms with E-state index < -0.39 is 0 Å². The lowest BCUT2D eigenvalue weighted by Crippen LogP contribution is -2.20. The van der Waals surface area contributed by atoms with Crippen LogP contribution in [0.25, 0.3) is 0 Å². The Bertz CT molecular complexity index is 216. The SMILES string of the molecule is CCCCC1C=CC(=O)CC1=O. The van der Waals surface area contributed by atoms with Crippen molar-refractivity contribution in [2.75, 3.05) is 0 Å². The van der Waals surface area contributed by atoms with Gasteiger partial charge in [0.2, 0.25) is 0 Å². The predicted molar refractivity (Wildman–Crippen MR) is 46.8 cm³/mol. The molecule has 1 aliphatic rings. The summed E-state index contributed by atoms with van der Waals surface area (Å²) >= 11 is 0. The van der Waals surface area contributed by atoms with Gasteiger partial charge >= 0.3 is 0 Å². The van der Waals surface area contributed by atoms with Crippen LogP contribution in [0.4, 0.5) is 0 Å². The molecule has 0 aromatic rings. The van der Waals surface area contributed by atoms with Crippen molar-refractivity contribution in [3.05, 3.63) is 12.2 Å². The zero-order valence-corrected chi connectivity index (χ0v) is 7.38. The van der Waals surface area contributed by atoms with Crippen LogP contribution in [0.3, 0.4) is 0 Å². The second kappa shape index (κ2) is 4.19. The Balaban J connectivity index is 2.48. The molecule has 0 heterocycles. The van der Waals surface area contributed by atoms with Gasteiger partial charge in [0.05, 0.1) is 6.42 Å². The van der Waals surface area contributed by atoms with Gasteiger partial charge < -0.3 is 0 Å². The van der Waals surface area contributed by atoms with E-state index in [9.17, 15) is 9.59 Å². The minimum absolute atomic E-state index is 0.0163. The van der Waals surface area contributed by atoms with Crippen LogP contribution in [0.5, 0.6) is 0 Å². The lowest BCUT2D eigenvalue weighted by molar-refractivity contribution is -0.127. The lowest BCUT2D eigenvalue weighted by Gasteiger charge is -2.13. The zero-order chi connectivity index (χ0) is 8.97. The predicted octanol–water partition coefficient (Wildman–Crippen LogP) is 1.89. The van der Waals surface area contributed by atoms with Gasteiger partial charge in [-0.3, -0.25) is 9.59 Å². The van der Waals surface area contributed by atoms with Crippen LogP contribution in [-0.4, -0.2) is 11.6 Å². The molecular weight excluding hydrogens is 152 g/mol. The molecule has 0 fully saturated rings. The summed E-state index contributed by atoms with van der Waals surface area (Å²) in [5.74, 6) is 0.0614. The summed E-state index contributed by atoms with van der Waals surface area (Å²) in [7, 11) is 0. The van der Waals surface area contributed by atoms with Gasteiger partial charge in [0.25, 0.3) is 0 Å².